The summed E-state index contributed by atoms with van der Waals surface area (Å²) in [6, 6.07) is 7.44. The van der Waals surface area contributed by atoms with E-state index in [2.05, 4.69) is 14.8 Å². The number of ether oxygens (including phenoxy) is 2. The number of carbonyl (C=O) groups excluding carboxylic acids is 2. The van der Waals surface area contributed by atoms with Gasteiger partial charge < -0.3 is 14.8 Å². The van der Waals surface area contributed by atoms with E-state index in [-0.39, 0.29) is 5.70 Å². The lowest BCUT2D eigenvalue weighted by molar-refractivity contribution is -0.138. The van der Waals surface area contributed by atoms with E-state index in [1.54, 1.807) is 17.8 Å². The number of carbonyl (C=O) groups is 2. The molecule has 1 N–H and O–H groups in total. The van der Waals surface area contributed by atoms with Crippen LogP contribution in [0.1, 0.15) is 0 Å². The number of hydrogen-bond acceptors (Lipinski definition) is 6. The maximum absolute atomic E-state index is 11.6. The highest BCUT2D eigenvalue weighted by molar-refractivity contribution is 7.98. The van der Waals surface area contributed by atoms with E-state index in [1.807, 2.05) is 24.5 Å². The van der Waals surface area contributed by atoms with Gasteiger partial charge in [-0.05, 0) is 24.5 Å². The fourth-order valence-corrected chi connectivity index (χ4v) is 1.75. The van der Waals surface area contributed by atoms with Crippen LogP contribution < -0.4 is 5.32 Å². The second-order valence-electron chi connectivity index (χ2n) is 3.43. The average Bonchev–Trinajstić information content (AvgIpc) is 2.45. The van der Waals surface area contributed by atoms with Gasteiger partial charge in [0.1, 0.15) is 5.70 Å². The van der Waals surface area contributed by atoms with Crippen LogP contribution in [0, 0.1) is 0 Å². The highest BCUT2D eigenvalue weighted by Gasteiger charge is 2.12. The number of nitrogens with one attached hydrogen (secondary N) is 1. The first-order valence-corrected chi connectivity index (χ1v) is 6.62. The van der Waals surface area contributed by atoms with Crippen LogP contribution in [0.4, 0.5) is 5.69 Å². The van der Waals surface area contributed by atoms with Crippen LogP contribution in [0.25, 0.3) is 0 Å². The second-order valence-corrected chi connectivity index (χ2v) is 4.31. The van der Waals surface area contributed by atoms with Crippen molar-refractivity contribution in [3.63, 3.8) is 0 Å². The maximum Gasteiger partial charge on any atom is 0.354 e. The lowest BCUT2D eigenvalue weighted by Crippen LogP contribution is -2.15. The van der Waals surface area contributed by atoms with E-state index in [9.17, 15) is 9.59 Å². The van der Waals surface area contributed by atoms with Crippen molar-refractivity contribution in [3.05, 3.63) is 36.0 Å². The molecule has 0 aromatic heterocycles. The molecule has 1 aromatic rings. The molecule has 6 heteroatoms. The van der Waals surface area contributed by atoms with Crippen LogP contribution in [0.2, 0.25) is 0 Å². The monoisotopic (exact) mass is 281 g/mol. The first kappa shape index (κ1) is 15.1. The zero-order valence-corrected chi connectivity index (χ0v) is 11.7. The number of benzene rings is 1. The molecule has 0 aliphatic carbocycles. The van der Waals surface area contributed by atoms with E-state index in [0.29, 0.717) is 5.69 Å². The van der Waals surface area contributed by atoms with Crippen LogP contribution in [-0.2, 0) is 19.1 Å². The summed E-state index contributed by atoms with van der Waals surface area (Å²) in [5.74, 6) is -1.27. The first-order chi connectivity index (χ1) is 9.10. The Bertz CT molecular complexity index is 499. The first-order valence-electron chi connectivity index (χ1n) is 5.39. The predicted octanol–water partition coefficient (Wildman–Crippen LogP) is 2.05. The second kappa shape index (κ2) is 7.48. The summed E-state index contributed by atoms with van der Waals surface area (Å²) in [5, 5.41) is 2.84. The summed E-state index contributed by atoms with van der Waals surface area (Å²) < 4.78 is 9.09. The number of methoxy groups -OCH3 is 2. The van der Waals surface area contributed by atoms with Crippen molar-refractivity contribution in [3.8, 4) is 0 Å². The predicted molar refractivity (Wildman–Crippen MR) is 74.0 cm³/mol. The largest absolute Gasteiger partial charge is 0.466 e. The molecule has 0 aliphatic heterocycles. The molecule has 0 bridgehead atoms. The highest BCUT2D eigenvalue weighted by Crippen LogP contribution is 2.20. The van der Waals surface area contributed by atoms with Crippen molar-refractivity contribution >= 4 is 29.4 Å². The molecule has 1 rings (SSSR count). The SMILES string of the molecule is COC(=O)/C=C(/Nc1cccc(SC)c1)C(=O)OC. The standard InChI is InChI=1S/C13H15NO4S/c1-17-12(15)8-11(13(16)18-2)14-9-5-4-6-10(7-9)19-3/h4-8,14H,1-3H3/b11-8+. The quantitative estimate of drug-likeness (QED) is 0.506. The smallest absolute Gasteiger partial charge is 0.354 e. The van der Waals surface area contributed by atoms with Gasteiger partial charge >= 0.3 is 11.9 Å². The molecule has 0 fully saturated rings. The van der Waals surface area contributed by atoms with Gasteiger partial charge in [0.2, 0.25) is 0 Å². The third-order valence-electron chi connectivity index (χ3n) is 2.22. The molecular formula is C13H15NO4S. The molecule has 102 valence electrons. The van der Waals surface area contributed by atoms with Gasteiger partial charge in [-0.15, -0.1) is 11.8 Å². The molecule has 0 spiro atoms. The summed E-state index contributed by atoms with van der Waals surface area (Å²) in [6.07, 6.45) is 3.00. The van der Waals surface area contributed by atoms with E-state index in [4.69, 9.17) is 0 Å². The molecule has 0 aliphatic rings. The van der Waals surface area contributed by atoms with Gasteiger partial charge in [-0.25, -0.2) is 9.59 Å². The zero-order chi connectivity index (χ0) is 14.3. The molecule has 19 heavy (non-hydrogen) atoms. The van der Waals surface area contributed by atoms with Crippen molar-refractivity contribution in [2.75, 3.05) is 25.8 Å². The fourth-order valence-electron chi connectivity index (χ4n) is 1.29. The van der Waals surface area contributed by atoms with E-state index in [0.717, 1.165) is 11.0 Å². The molecule has 0 saturated carbocycles. The molecule has 0 unspecified atom stereocenters. The van der Waals surface area contributed by atoms with Crippen LogP contribution >= 0.6 is 11.8 Å². The van der Waals surface area contributed by atoms with Crippen molar-refractivity contribution in [1.82, 2.24) is 0 Å². The Hall–Kier alpha value is -1.95. The van der Waals surface area contributed by atoms with E-state index < -0.39 is 11.9 Å². The molecule has 0 heterocycles. The third-order valence-corrected chi connectivity index (χ3v) is 2.94. The van der Waals surface area contributed by atoms with Gasteiger partial charge in [-0.1, -0.05) is 6.07 Å². The summed E-state index contributed by atoms with van der Waals surface area (Å²) in [7, 11) is 2.48. The lowest BCUT2D eigenvalue weighted by Gasteiger charge is -2.09. The van der Waals surface area contributed by atoms with E-state index >= 15 is 0 Å². The van der Waals surface area contributed by atoms with E-state index in [1.165, 1.54) is 14.2 Å². The van der Waals surface area contributed by atoms with Crippen LogP contribution in [0.3, 0.4) is 0 Å². The Kier molecular flexibility index (Phi) is 5.95. The molecular weight excluding hydrogens is 266 g/mol. The summed E-state index contributed by atoms with van der Waals surface area (Å²) in [6.45, 7) is 0. The zero-order valence-electron chi connectivity index (χ0n) is 10.9. The summed E-state index contributed by atoms with van der Waals surface area (Å²) >= 11 is 1.58. The minimum absolute atomic E-state index is 0.0209. The Morgan fingerprint density at radius 1 is 1.26 bits per heavy atom. The molecule has 5 nitrogen and oxygen atoms in total. The van der Waals surface area contributed by atoms with Gasteiger partial charge in [0.15, 0.2) is 0 Å². The lowest BCUT2D eigenvalue weighted by atomic mass is 10.3. The van der Waals surface area contributed by atoms with Gasteiger partial charge in [0.05, 0.1) is 20.3 Å². The van der Waals surface area contributed by atoms with Gasteiger partial charge in [0.25, 0.3) is 0 Å². The molecule has 0 atom stereocenters. The van der Waals surface area contributed by atoms with Crippen LogP contribution in [0.5, 0.6) is 0 Å². The minimum Gasteiger partial charge on any atom is -0.466 e. The Labute approximate surface area is 116 Å². The normalized spacial score (nSPS) is 10.8. The maximum atomic E-state index is 11.6. The third kappa shape index (κ3) is 4.67. The van der Waals surface area contributed by atoms with Crippen molar-refractivity contribution in [1.29, 1.82) is 0 Å². The average molecular weight is 281 g/mol. The summed E-state index contributed by atoms with van der Waals surface area (Å²) in [5.41, 5.74) is 0.708. The Morgan fingerprint density at radius 3 is 2.58 bits per heavy atom. The number of thioether (sulfide) groups is 1. The highest BCUT2D eigenvalue weighted by atomic mass is 32.2. The van der Waals surface area contributed by atoms with Crippen molar-refractivity contribution < 1.29 is 19.1 Å². The van der Waals surface area contributed by atoms with Gasteiger partial charge in [-0.3, -0.25) is 0 Å². The molecule has 1 aromatic carbocycles. The molecule has 0 saturated heterocycles. The van der Waals surface area contributed by atoms with Crippen LogP contribution in [0.15, 0.2) is 40.9 Å². The van der Waals surface area contributed by atoms with Gasteiger partial charge in [-0.2, -0.15) is 0 Å². The molecule has 0 amide bonds. The minimum atomic E-state index is -0.639. The fraction of sp³-hybridized carbons (Fsp3) is 0.231. The van der Waals surface area contributed by atoms with Gasteiger partial charge in [0, 0.05) is 10.6 Å². The number of rotatable bonds is 5. The van der Waals surface area contributed by atoms with Crippen molar-refractivity contribution in [2.45, 2.75) is 4.90 Å². The number of hydrogen-bond donors (Lipinski definition) is 1. The summed E-state index contributed by atoms with van der Waals surface area (Å²) in [4.78, 5) is 23.8. The Morgan fingerprint density at radius 2 is 2.00 bits per heavy atom. The number of anilines is 1. The van der Waals surface area contributed by atoms with Crippen molar-refractivity contribution in [2.24, 2.45) is 0 Å². The molecule has 0 radical (unpaired) electrons. The Balaban J connectivity index is 2.97. The number of esters is 2. The van der Waals surface area contributed by atoms with Crippen LogP contribution in [-0.4, -0.2) is 32.4 Å². The topological polar surface area (TPSA) is 64.6 Å².